The lowest BCUT2D eigenvalue weighted by molar-refractivity contribution is -0.116. The highest BCUT2D eigenvalue weighted by Gasteiger charge is 2.11. The Kier molecular flexibility index (Phi) is 5.37. The van der Waals surface area contributed by atoms with Crippen molar-refractivity contribution in [3.8, 4) is 0 Å². The van der Waals surface area contributed by atoms with Gasteiger partial charge in [0.15, 0.2) is 5.82 Å². The summed E-state index contributed by atoms with van der Waals surface area (Å²) in [5, 5.41) is 12.0. The van der Waals surface area contributed by atoms with Crippen LogP contribution >= 0.6 is 11.6 Å². The van der Waals surface area contributed by atoms with Crippen LogP contribution < -0.4 is 5.32 Å². The van der Waals surface area contributed by atoms with Crippen LogP contribution in [0.15, 0.2) is 36.5 Å². The Morgan fingerprint density at radius 2 is 1.92 bits per heavy atom. The Labute approximate surface area is 155 Å². The number of nitrogens with zero attached hydrogens (tertiary/aromatic N) is 4. The normalized spacial score (nSPS) is 10.9. The molecule has 0 aliphatic rings. The third-order valence-corrected chi connectivity index (χ3v) is 4.56. The Morgan fingerprint density at radius 1 is 1.19 bits per heavy atom. The van der Waals surface area contributed by atoms with Crippen molar-refractivity contribution in [3.05, 3.63) is 64.3 Å². The predicted octanol–water partition coefficient (Wildman–Crippen LogP) is 3.57. The zero-order chi connectivity index (χ0) is 18.7. The highest BCUT2D eigenvalue weighted by Crippen LogP contribution is 2.19. The first kappa shape index (κ1) is 18.1. The van der Waals surface area contributed by atoms with Gasteiger partial charge in [-0.1, -0.05) is 23.7 Å². The lowest BCUT2D eigenvalue weighted by Crippen LogP contribution is -2.16. The summed E-state index contributed by atoms with van der Waals surface area (Å²) in [6.45, 7) is 4.65. The minimum absolute atomic E-state index is 0.152. The highest BCUT2D eigenvalue weighted by atomic mass is 35.5. The zero-order valence-electron chi connectivity index (χ0n) is 14.5. The van der Waals surface area contributed by atoms with E-state index in [0.29, 0.717) is 23.9 Å². The molecule has 0 bridgehead atoms. The number of nitrogens with one attached hydrogen (secondary N) is 1. The number of hydrogen-bond acceptors (Lipinski definition) is 3. The zero-order valence-corrected chi connectivity index (χ0v) is 15.3. The molecule has 0 aliphatic carbocycles. The molecule has 1 aromatic carbocycles. The van der Waals surface area contributed by atoms with Crippen LogP contribution in [0.1, 0.15) is 23.4 Å². The summed E-state index contributed by atoms with van der Waals surface area (Å²) in [6, 6.07) is 7.95. The van der Waals surface area contributed by atoms with Gasteiger partial charge in [-0.25, -0.2) is 4.39 Å². The van der Waals surface area contributed by atoms with Crippen LogP contribution in [0.5, 0.6) is 0 Å². The molecular formula is C18H19ClFN5O. The molecule has 3 rings (SSSR count). The fourth-order valence-electron chi connectivity index (χ4n) is 2.60. The molecule has 2 aromatic heterocycles. The second-order valence-corrected chi connectivity index (χ2v) is 6.41. The van der Waals surface area contributed by atoms with Gasteiger partial charge in [0.1, 0.15) is 5.82 Å². The van der Waals surface area contributed by atoms with Gasteiger partial charge >= 0.3 is 0 Å². The first-order valence-electron chi connectivity index (χ1n) is 8.19. The van der Waals surface area contributed by atoms with Crippen LogP contribution in [-0.4, -0.2) is 25.5 Å². The third-order valence-electron chi connectivity index (χ3n) is 4.01. The maximum absolute atomic E-state index is 12.9. The summed E-state index contributed by atoms with van der Waals surface area (Å²) in [5.74, 6) is 0.0512. The summed E-state index contributed by atoms with van der Waals surface area (Å²) in [4.78, 5) is 12.1. The number of rotatable bonds is 6. The third kappa shape index (κ3) is 4.29. The molecule has 0 saturated heterocycles. The SMILES string of the molecule is Cc1nn(CCC(=O)Nc2ccn(Cc3ccc(F)cc3)n2)c(C)c1Cl. The number of carbonyl (C=O) groups excluding carboxylic acids is 1. The van der Waals surface area contributed by atoms with Crippen LogP contribution in [0, 0.1) is 19.7 Å². The van der Waals surface area contributed by atoms with Gasteiger partial charge in [0.25, 0.3) is 0 Å². The molecule has 0 aliphatic heterocycles. The van der Waals surface area contributed by atoms with Gasteiger partial charge in [-0.15, -0.1) is 0 Å². The van der Waals surface area contributed by atoms with E-state index in [4.69, 9.17) is 11.6 Å². The Balaban J connectivity index is 1.54. The molecule has 0 atom stereocenters. The van der Waals surface area contributed by atoms with Crippen molar-refractivity contribution in [1.82, 2.24) is 19.6 Å². The number of benzene rings is 1. The number of aromatic nitrogens is 4. The van der Waals surface area contributed by atoms with Crippen LogP contribution in [0.2, 0.25) is 5.02 Å². The second-order valence-electron chi connectivity index (χ2n) is 6.03. The van der Waals surface area contributed by atoms with Gasteiger partial charge in [0, 0.05) is 18.7 Å². The number of hydrogen-bond donors (Lipinski definition) is 1. The molecule has 2 heterocycles. The molecule has 136 valence electrons. The van der Waals surface area contributed by atoms with Crippen molar-refractivity contribution in [2.75, 3.05) is 5.32 Å². The summed E-state index contributed by atoms with van der Waals surface area (Å²) in [7, 11) is 0. The molecule has 0 unspecified atom stereocenters. The molecule has 8 heteroatoms. The largest absolute Gasteiger partial charge is 0.309 e. The fourth-order valence-corrected chi connectivity index (χ4v) is 2.73. The Morgan fingerprint density at radius 3 is 2.58 bits per heavy atom. The number of anilines is 1. The van der Waals surface area contributed by atoms with Gasteiger partial charge in [0.2, 0.25) is 5.91 Å². The highest BCUT2D eigenvalue weighted by molar-refractivity contribution is 6.31. The fraction of sp³-hybridized carbons (Fsp3) is 0.278. The van der Waals surface area contributed by atoms with Gasteiger partial charge in [0.05, 0.1) is 29.5 Å². The number of carbonyl (C=O) groups is 1. The van der Waals surface area contributed by atoms with E-state index < -0.39 is 0 Å². The van der Waals surface area contributed by atoms with Gasteiger partial charge in [-0.2, -0.15) is 10.2 Å². The lowest BCUT2D eigenvalue weighted by atomic mass is 10.2. The van der Waals surface area contributed by atoms with Crippen molar-refractivity contribution in [2.45, 2.75) is 33.4 Å². The summed E-state index contributed by atoms with van der Waals surface area (Å²) in [5.41, 5.74) is 2.53. The van der Waals surface area contributed by atoms with E-state index in [1.807, 2.05) is 13.8 Å². The smallest absolute Gasteiger partial charge is 0.227 e. The average molecular weight is 376 g/mol. The van der Waals surface area contributed by atoms with E-state index in [9.17, 15) is 9.18 Å². The molecule has 0 fully saturated rings. The molecule has 0 radical (unpaired) electrons. The quantitative estimate of drug-likeness (QED) is 0.716. The molecule has 6 nitrogen and oxygen atoms in total. The molecule has 1 amide bonds. The van der Waals surface area contributed by atoms with E-state index in [0.717, 1.165) is 17.0 Å². The van der Waals surface area contributed by atoms with Crippen molar-refractivity contribution >= 4 is 23.3 Å². The van der Waals surface area contributed by atoms with Crippen LogP contribution in [0.3, 0.4) is 0 Å². The number of halogens is 2. The van der Waals surface area contributed by atoms with Crippen molar-refractivity contribution < 1.29 is 9.18 Å². The molecule has 3 aromatic rings. The summed E-state index contributed by atoms with van der Waals surface area (Å²) in [6.07, 6.45) is 2.03. The topological polar surface area (TPSA) is 64.7 Å². The first-order valence-corrected chi connectivity index (χ1v) is 8.57. The van der Waals surface area contributed by atoms with E-state index in [2.05, 4.69) is 15.5 Å². The molecular weight excluding hydrogens is 357 g/mol. The summed E-state index contributed by atoms with van der Waals surface area (Å²) < 4.78 is 16.3. The molecule has 26 heavy (non-hydrogen) atoms. The van der Waals surface area contributed by atoms with Crippen LogP contribution in [-0.2, 0) is 17.9 Å². The number of aryl methyl sites for hydroxylation is 2. The summed E-state index contributed by atoms with van der Waals surface area (Å²) >= 11 is 6.10. The van der Waals surface area contributed by atoms with Crippen LogP contribution in [0.25, 0.3) is 0 Å². The van der Waals surface area contributed by atoms with E-state index in [-0.39, 0.29) is 18.1 Å². The van der Waals surface area contributed by atoms with Gasteiger partial charge < -0.3 is 5.32 Å². The minimum atomic E-state index is -0.272. The average Bonchev–Trinajstić information content (AvgIpc) is 3.15. The monoisotopic (exact) mass is 375 g/mol. The van der Waals surface area contributed by atoms with E-state index in [1.54, 1.807) is 33.8 Å². The first-order chi connectivity index (χ1) is 12.4. The van der Waals surface area contributed by atoms with Crippen LogP contribution in [0.4, 0.5) is 10.2 Å². The Bertz CT molecular complexity index is 916. The molecule has 0 saturated carbocycles. The van der Waals surface area contributed by atoms with E-state index >= 15 is 0 Å². The molecule has 1 N–H and O–H groups in total. The number of amides is 1. The minimum Gasteiger partial charge on any atom is -0.309 e. The van der Waals surface area contributed by atoms with E-state index in [1.165, 1.54) is 12.1 Å². The maximum Gasteiger partial charge on any atom is 0.227 e. The predicted molar refractivity (Wildman–Crippen MR) is 97.7 cm³/mol. The standard InChI is InChI=1S/C18H19ClFN5O/c1-12-18(19)13(2)25(22-12)10-8-17(26)21-16-7-9-24(23-16)11-14-3-5-15(20)6-4-14/h3-7,9H,8,10-11H2,1-2H3,(H,21,23,26). The van der Waals surface area contributed by atoms with Gasteiger partial charge in [-0.3, -0.25) is 14.2 Å². The van der Waals surface area contributed by atoms with Gasteiger partial charge in [-0.05, 0) is 31.5 Å². The van der Waals surface area contributed by atoms with Crippen molar-refractivity contribution in [3.63, 3.8) is 0 Å². The Hall–Kier alpha value is -2.67. The lowest BCUT2D eigenvalue weighted by Gasteiger charge is -2.05. The second kappa shape index (κ2) is 7.70. The van der Waals surface area contributed by atoms with Crippen molar-refractivity contribution in [2.24, 2.45) is 0 Å². The molecule has 0 spiro atoms. The van der Waals surface area contributed by atoms with Crippen molar-refractivity contribution in [1.29, 1.82) is 0 Å². The maximum atomic E-state index is 12.9.